The Morgan fingerprint density at radius 3 is 2.52 bits per heavy atom. The Balaban J connectivity index is 2.02. The van der Waals surface area contributed by atoms with Crippen LogP contribution in [0.5, 0.6) is 0 Å². The van der Waals surface area contributed by atoms with Crippen LogP contribution in [-0.2, 0) is 9.53 Å². The Hall–Kier alpha value is -2.17. The number of methoxy groups -OCH3 is 1. The van der Waals surface area contributed by atoms with Crippen molar-refractivity contribution < 1.29 is 9.53 Å². The molecular formula is C17H20N2O2. The number of carbonyl (C=O) groups is 1. The molecule has 4 heteroatoms. The lowest BCUT2D eigenvalue weighted by Crippen LogP contribution is -2.30. The summed E-state index contributed by atoms with van der Waals surface area (Å²) >= 11 is 0. The Kier molecular flexibility index (Phi) is 5.94. The van der Waals surface area contributed by atoms with Gasteiger partial charge in [0, 0.05) is 24.9 Å². The van der Waals surface area contributed by atoms with Gasteiger partial charge in [-0.1, -0.05) is 48.5 Å². The number of nitrogens with one attached hydrogen (secondary N) is 2. The molecule has 0 heterocycles. The zero-order valence-electron chi connectivity index (χ0n) is 12.1. The van der Waals surface area contributed by atoms with Gasteiger partial charge in [0.2, 0.25) is 5.91 Å². The van der Waals surface area contributed by atoms with Crippen LogP contribution in [0.4, 0.5) is 5.69 Å². The number of amides is 1. The number of carbonyl (C=O) groups excluding carboxylic acids is 1. The van der Waals surface area contributed by atoms with Crippen LogP contribution in [0.1, 0.15) is 0 Å². The molecule has 2 aromatic rings. The van der Waals surface area contributed by atoms with E-state index in [2.05, 4.69) is 10.6 Å². The lowest BCUT2D eigenvalue weighted by molar-refractivity contribution is -0.115. The van der Waals surface area contributed by atoms with Crippen LogP contribution in [0, 0.1) is 0 Å². The van der Waals surface area contributed by atoms with Gasteiger partial charge in [-0.2, -0.15) is 0 Å². The Morgan fingerprint density at radius 2 is 1.76 bits per heavy atom. The second-order valence-electron chi connectivity index (χ2n) is 4.63. The molecule has 0 atom stereocenters. The largest absolute Gasteiger partial charge is 0.383 e. The fourth-order valence-electron chi connectivity index (χ4n) is 2.03. The van der Waals surface area contributed by atoms with Gasteiger partial charge >= 0.3 is 0 Å². The average Bonchev–Trinajstić information content (AvgIpc) is 2.53. The number of anilines is 1. The van der Waals surface area contributed by atoms with Crippen LogP contribution in [0.15, 0.2) is 54.6 Å². The minimum Gasteiger partial charge on any atom is -0.383 e. The molecule has 0 spiro atoms. The molecular weight excluding hydrogens is 264 g/mol. The van der Waals surface area contributed by atoms with Gasteiger partial charge in [-0.15, -0.1) is 0 Å². The number of para-hydroxylation sites is 1. The highest BCUT2D eigenvalue weighted by molar-refractivity contribution is 5.96. The third-order valence-corrected chi connectivity index (χ3v) is 3.05. The Morgan fingerprint density at radius 1 is 1.05 bits per heavy atom. The Bertz CT molecular complexity index is 570. The van der Waals surface area contributed by atoms with Crippen molar-refractivity contribution in [1.29, 1.82) is 0 Å². The van der Waals surface area contributed by atoms with Crippen LogP contribution < -0.4 is 10.6 Å². The summed E-state index contributed by atoms with van der Waals surface area (Å²) in [6.45, 7) is 1.52. The van der Waals surface area contributed by atoms with E-state index >= 15 is 0 Å². The van der Waals surface area contributed by atoms with Gasteiger partial charge in [0.25, 0.3) is 0 Å². The summed E-state index contributed by atoms with van der Waals surface area (Å²) < 4.78 is 4.92. The highest BCUT2D eigenvalue weighted by Crippen LogP contribution is 2.27. The number of rotatable bonds is 7. The van der Waals surface area contributed by atoms with Crippen molar-refractivity contribution in [1.82, 2.24) is 5.32 Å². The first-order valence-corrected chi connectivity index (χ1v) is 6.95. The molecule has 0 aliphatic rings. The van der Waals surface area contributed by atoms with Crippen LogP contribution >= 0.6 is 0 Å². The van der Waals surface area contributed by atoms with Gasteiger partial charge < -0.3 is 15.4 Å². The van der Waals surface area contributed by atoms with Gasteiger partial charge in [0.15, 0.2) is 0 Å². The topological polar surface area (TPSA) is 50.4 Å². The van der Waals surface area contributed by atoms with Crippen molar-refractivity contribution in [2.75, 3.05) is 32.1 Å². The summed E-state index contributed by atoms with van der Waals surface area (Å²) in [6, 6.07) is 17.8. The number of ether oxygens (including phenoxy) is 1. The molecule has 2 rings (SSSR count). The van der Waals surface area contributed by atoms with Gasteiger partial charge in [-0.05, 0) is 11.6 Å². The van der Waals surface area contributed by atoms with Crippen molar-refractivity contribution in [3.05, 3.63) is 54.6 Å². The molecule has 0 radical (unpaired) electrons. The maximum atomic E-state index is 11.9. The predicted octanol–water partition coefficient (Wildman–Crippen LogP) is 2.53. The lowest BCUT2D eigenvalue weighted by Gasteiger charge is -2.11. The average molecular weight is 284 g/mol. The van der Waals surface area contributed by atoms with E-state index in [4.69, 9.17) is 4.74 Å². The number of hydrogen-bond donors (Lipinski definition) is 2. The van der Waals surface area contributed by atoms with Gasteiger partial charge in [0.1, 0.15) is 0 Å². The van der Waals surface area contributed by atoms with Crippen molar-refractivity contribution in [2.24, 2.45) is 0 Å². The molecule has 21 heavy (non-hydrogen) atoms. The van der Waals surface area contributed by atoms with E-state index in [1.807, 2.05) is 54.6 Å². The van der Waals surface area contributed by atoms with Crippen molar-refractivity contribution in [3.63, 3.8) is 0 Å². The SMILES string of the molecule is COCCNCC(=O)Nc1ccccc1-c1ccccc1. The minimum atomic E-state index is -0.0607. The highest BCUT2D eigenvalue weighted by Gasteiger charge is 2.07. The molecule has 0 aliphatic carbocycles. The summed E-state index contributed by atoms with van der Waals surface area (Å²) in [5.41, 5.74) is 2.92. The van der Waals surface area contributed by atoms with Crippen molar-refractivity contribution in [2.45, 2.75) is 0 Å². The molecule has 0 aromatic heterocycles. The molecule has 0 unspecified atom stereocenters. The fourth-order valence-corrected chi connectivity index (χ4v) is 2.03. The molecule has 0 bridgehead atoms. The van der Waals surface area contributed by atoms with Crippen LogP contribution in [0.2, 0.25) is 0 Å². The zero-order valence-corrected chi connectivity index (χ0v) is 12.1. The second kappa shape index (κ2) is 8.19. The number of benzene rings is 2. The summed E-state index contributed by atoms with van der Waals surface area (Å²) in [5, 5.41) is 5.97. The molecule has 0 saturated carbocycles. The van der Waals surface area contributed by atoms with E-state index < -0.39 is 0 Å². The van der Waals surface area contributed by atoms with Crippen LogP contribution in [-0.4, -0.2) is 32.7 Å². The van der Waals surface area contributed by atoms with Crippen LogP contribution in [0.3, 0.4) is 0 Å². The van der Waals surface area contributed by atoms with Gasteiger partial charge in [-0.3, -0.25) is 4.79 Å². The summed E-state index contributed by atoms with van der Waals surface area (Å²) in [4.78, 5) is 11.9. The molecule has 2 aromatic carbocycles. The minimum absolute atomic E-state index is 0.0607. The van der Waals surface area contributed by atoms with Crippen molar-refractivity contribution >= 4 is 11.6 Å². The Labute approximate surface area is 125 Å². The monoisotopic (exact) mass is 284 g/mol. The van der Waals surface area contributed by atoms with Crippen LogP contribution in [0.25, 0.3) is 11.1 Å². The van der Waals surface area contributed by atoms with E-state index in [-0.39, 0.29) is 12.5 Å². The second-order valence-corrected chi connectivity index (χ2v) is 4.63. The fraction of sp³-hybridized carbons (Fsp3) is 0.235. The molecule has 0 aliphatic heterocycles. The third-order valence-electron chi connectivity index (χ3n) is 3.05. The molecule has 0 fully saturated rings. The molecule has 4 nitrogen and oxygen atoms in total. The van der Waals surface area contributed by atoms with Gasteiger partial charge in [0.05, 0.1) is 13.2 Å². The summed E-state index contributed by atoms with van der Waals surface area (Å²) in [5.74, 6) is -0.0607. The molecule has 1 amide bonds. The first-order chi connectivity index (χ1) is 10.3. The van der Waals surface area contributed by atoms with E-state index in [1.165, 1.54) is 0 Å². The smallest absolute Gasteiger partial charge is 0.238 e. The molecule has 0 saturated heterocycles. The van der Waals surface area contributed by atoms with E-state index in [9.17, 15) is 4.79 Å². The molecule has 110 valence electrons. The predicted molar refractivity (Wildman–Crippen MR) is 85.3 cm³/mol. The lowest BCUT2D eigenvalue weighted by atomic mass is 10.0. The standard InChI is InChI=1S/C17H20N2O2/c1-21-12-11-18-13-17(20)19-16-10-6-5-9-15(16)14-7-3-2-4-8-14/h2-10,18H,11-13H2,1H3,(H,19,20). The van der Waals surface area contributed by atoms with Crippen molar-refractivity contribution in [3.8, 4) is 11.1 Å². The zero-order chi connectivity index (χ0) is 14.9. The maximum Gasteiger partial charge on any atom is 0.238 e. The first kappa shape index (κ1) is 15.2. The maximum absolute atomic E-state index is 11.9. The van der Waals surface area contributed by atoms with E-state index in [0.29, 0.717) is 13.2 Å². The first-order valence-electron chi connectivity index (χ1n) is 6.95. The summed E-state index contributed by atoms with van der Waals surface area (Å²) in [6.07, 6.45) is 0. The van der Waals surface area contributed by atoms with E-state index in [0.717, 1.165) is 16.8 Å². The quantitative estimate of drug-likeness (QED) is 0.768. The highest BCUT2D eigenvalue weighted by atomic mass is 16.5. The summed E-state index contributed by atoms with van der Waals surface area (Å²) in [7, 11) is 1.64. The molecule has 2 N–H and O–H groups in total. The van der Waals surface area contributed by atoms with E-state index in [1.54, 1.807) is 7.11 Å². The van der Waals surface area contributed by atoms with Gasteiger partial charge in [-0.25, -0.2) is 0 Å². The normalized spacial score (nSPS) is 10.3. The third kappa shape index (κ3) is 4.70. The number of hydrogen-bond acceptors (Lipinski definition) is 3.